The number of nitrogens with two attached hydrogens (primary N) is 1. The van der Waals surface area contributed by atoms with Crippen molar-refractivity contribution < 1.29 is 0 Å². The van der Waals surface area contributed by atoms with Crippen LogP contribution in [-0.2, 0) is 0 Å². The van der Waals surface area contributed by atoms with Crippen LogP contribution in [0.4, 0.5) is 0 Å². The van der Waals surface area contributed by atoms with Crippen LogP contribution < -0.4 is 5.73 Å². The molecule has 0 radical (unpaired) electrons. The summed E-state index contributed by atoms with van der Waals surface area (Å²) in [4.78, 5) is 5.51. The van der Waals surface area contributed by atoms with E-state index in [-0.39, 0.29) is 0 Å². The first-order chi connectivity index (χ1) is 9.95. The maximum atomic E-state index is 6.55. The Morgan fingerprint density at radius 2 is 1.62 bits per heavy atom. The highest BCUT2D eigenvalue weighted by atomic mass is 15.3. The van der Waals surface area contributed by atoms with Crippen molar-refractivity contribution in [1.82, 2.24) is 9.80 Å². The molecule has 0 aromatic heterocycles. The van der Waals surface area contributed by atoms with Gasteiger partial charge < -0.3 is 5.73 Å². The molecule has 0 amide bonds. The van der Waals surface area contributed by atoms with E-state index in [1.54, 1.807) is 0 Å². The topological polar surface area (TPSA) is 32.5 Å². The molecule has 2 aliphatic heterocycles. The van der Waals surface area contributed by atoms with Crippen molar-refractivity contribution in [3.05, 3.63) is 0 Å². The molecule has 1 aliphatic carbocycles. The summed E-state index contributed by atoms with van der Waals surface area (Å²) in [6.45, 7) is 12.4. The monoisotopic (exact) mass is 293 g/mol. The quantitative estimate of drug-likeness (QED) is 0.807. The van der Waals surface area contributed by atoms with Gasteiger partial charge in [0.05, 0.1) is 0 Å². The first-order valence-corrected chi connectivity index (χ1v) is 9.19. The maximum Gasteiger partial charge on any atom is 0.0250 e. The van der Waals surface area contributed by atoms with Gasteiger partial charge in [-0.05, 0) is 69.5 Å². The van der Waals surface area contributed by atoms with Crippen LogP contribution in [-0.4, -0.2) is 54.1 Å². The molecule has 0 spiro atoms. The van der Waals surface area contributed by atoms with Gasteiger partial charge in [-0.1, -0.05) is 20.8 Å². The molecule has 3 aliphatic rings. The van der Waals surface area contributed by atoms with Gasteiger partial charge in [-0.15, -0.1) is 0 Å². The molecule has 3 rings (SSSR count). The highest BCUT2D eigenvalue weighted by Gasteiger charge is 2.39. The Morgan fingerprint density at radius 1 is 0.905 bits per heavy atom. The smallest absolute Gasteiger partial charge is 0.0250 e. The van der Waals surface area contributed by atoms with Gasteiger partial charge in [-0.3, -0.25) is 9.80 Å². The highest BCUT2D eigenvalue weighted by Crippen LogP contribution is 2.39. The van der Waals surface area contributed by atoms with E-state index in [4.69, 9.17) is 5.73 Å². The molecule has 2 saturated heterocycles. The minimum absolute atomic E-state index is 0.400. The van der Waals surface area contributed by atoms with Crippen molar-refractivity contribution >= 4 is 0 Å². The molecule has 0 bridgehead atoms. The molecule has 4 unspecified atom stereocenters. The van der Waals surface area contributed by atoms with Crippen LogP contribution in [0.25, 0.3) is 0 Å². The fourth-order valence-electron chi connectivity index (χ4n) is 4.91. The Bertz CT molecular complexity index is 349. The van der Waals surface area contributed by atoms with E-state index in [1.165, 1.54) is 64.7 Å². The lowest BCUT2D eigenvalue weighted by Gasteiger charge is -2.45. The summed E-state index contributed by atoms with van der Waals surface area (Å²) in [5.74, 6) is 0.838. The second-order valence-corrected chi connectivity index (χ2v) is 8.79. The second-order valence-electron chi connectivity index (χ2n) is 8.79. The zero-order valence-electron chi connectivity index (χ0n) is 14.4. The minimum atomic E-state index is 0.400. The average molecular weight is 293 g/mol. The van der Waals surface area contributed by atoms with Gasteiger partial charge in [-0.2, -0.15) is 0 Å². The van der Waals surface area contributed by atoms with Gasteiger partial charge in [0.25, 0.3) is 0 Å². The third-order valence-corrected chi connectivity index (χ3v) is 6.40. The molecule has 3 heteroatoms. The molecule has 1 saturated carbocycles. The van der Waals surface area contributed by atoms with E-state index in [0.717, 1.165) is 12.0 Å². The van der Waals surface area contributed by atoms with Crippen LogP contribution in [0.15, 0.2) is 0 Å². The van der Waals surface area contributed by atoms with Crippen LogP contribution in [0.5, 0.6) is 0 Å². The Kier molecular flexibility index (Phi) is 4.63. The molecule has 21 heavy (non-hydrogen) atoms. The summed E-state index contributed by atoms with van der Waals surface area (Å²) in [6.07, 6.45) is 8.00. The maximum absolute atomic E-state index is 6.55. The van der Waals surface area contributed by atoms with Gasteiger partial charge in [0.1, 0.15) is 0 Å². The second kappa shape index (κ2) is 6.17. The third-order valence-electron chi connectivity index (χ3n) is 6.40. The summed E-state index contributed by atoms with van der Waals surface area (Å²) < 4.78 is 0. The molecule has 122 valence electrons. The van der Waals surface area contributed by atoms with E-state index >= 15 is 0 Å². The third kappa shape index (κ3) is 3.46. The molecule has 3 fully saturated rings. The van der Waals surface area contributed by atoms with Crippen LogP contribution in [0.3, 0.4) is 0 Å². The number of rotatable bonds is 1. The molecular weight excluding hydrogens is 258 g/mol. The van der Waals surface area contributed by atoms with Crippen LogP contribution in [0, 0.1) is 11.3 Å². The zero-order chi connectivity index (χ0) is 15.0. The first-order valence-electron chi connectivity index (χ1n) is 9.19. The van der Waals surface area contributed by atoms with Crippen LogP contribution in [0.1, 0.15) is 59.3 Å². The van der Waals surface area contributed by atoms with E-state index in [2.05, 4.69) is 30.6 Å². The van der Waals surface area contributed by atoms with Crippen LogP contribution >= 0.6 is 0 Å². The predicted octanol–water partition coefficient (Wildman–Crippen LogP) is 2.70. The largest absolute Gasteiger partial charge is 0.326 e. The lowest BCUT2D eigenvalue weighted by molar-refractivity contribution is 0.0649. The lowest BCUT2D eigenvalue weighted by atomic mass is 9.69. The lowest BCUT2D eigenvalue weighted by Crippen LogP contribution is -2.54. The standard InChI is InChI=1S/C18H35N3/c1-18(2,3)14-7-8-16(19)17(12-14)21-11-5-10-20-9-4-6-15(20)13-21/h14-17H,4-13,19H2,1-3H3. The van der Waals surface area contributed by atoms with E-state index in [9.17, 15) is 0 Å². The molecule has 4 atom stereocenters. The Balaban J connectivity index is 1.68. The summed E-state index contributed by atoms with van der Waals surface area (Å²) in [5, 5.41) is 0. The normalized spacial score (nSPS) is 40.0. The Morgan fingerprint density at radius 3 is 2.38 bits per heavy atom. The average Bonchev–Trinajstić information content (AvgIpc) is 2.75. The van der Waals surface area contributed by atoms with Gasteiger partial charge >= 0.3 is 0 Å². The van der Waals surface area contributed by atoms with Crippen molar-refractivity contribution in [1.29, 1.82) is 0 Å². The van der Waals surface area contributed by atoms with E-state index < -0.39 is 0 Å². The van der Waals surface area contributed by atoms with Gasteiger partial charge in [0.2, 0.25) is 0 Å². The SMILES string of the molecule is CC(C)(C)C1CCC(N)C(N2CCCN3CCCC3C2)C1. The van der Waals surface area contributed by atoms with E-state index in [1.807, 2.05) is 0 Å². The molecule has 2 heterocycles. The Hall–Kier alpha value is -0.120. The van der Waals surface area contributed by atoms with Crippen molar-refractivity contribution in [3.63, 3.8) is 0 Å². The van der Waals surface area contributed by atoms with E-state index in [0.29, 0.717) is 17.5 Å². The zero-order valence-corrected chi connectivity index (χ0v) is 14.4. The summed E-state index contributed by atoms with van der Waals surface area (Å²) >= 11 is 0. The van der Waals surface area contributed by atoms with Crippen molar-refractivity contribution in [2.24, 2.45) is 17.1 Å². The highest BCUT2D eigenvalue weighted by molar-refractivity contribution is 4.95. The van der Waals surface area contributed by atoms with Crippen LogP contribution in [0.2, 0.25) is 0 Å². The minimum Gasteiger partial charge on any atom is -0.326 e. The predicted molar refractivity (Wildman–Crippen MR) is 89.3 cm³/mol. The van der Waals surface area contributed by atoms with Gasteiger partial charge in [0.15, 0.2) is 0 Å². The van der Waals surface area contributed by atoms with Gasteiger partial charge in [-0.25, -0.2) is 0 Å². The molecule has 2 N–H and O–H groups in total. The number of fused-ring (bicyclic) bond motifs is 1. The van der Waals surface area contributed by atoms with Crippen molar-refractivity contribution in [2.45, 2.75) is 77.4 Å². The number of nitrogens with zero attached hydrogens (tertiary/aromatic N) is 2. The van der Waals surface area contributed by atoms with Gasteiger partial charge in [0, 0.05) is 24.7 Å². The summed E-state index contributed by atoms with van der Waals surface area (Å²) in [6, 6.07) is 1.84. The molecule has 0 aromatic rings. The molecule has 3 nitrogen and oxygen atoms in total. The Labute approximate surface area is 131 Å². The number of hydrogen-bond donors (Lipinski definition) is 1. The molecule has 0 aromatic carbocycles. The van der Waals surface area contributed by atoms with Crippen molar-refractivity contribution in [2.75, 3.05) is 26.2 Å². The number of hydrogen-bond acceptors (Lipinski definition) is 3. The summed E-state index contributed by atoms with van der Waals surface area (Å²) in [7, 11) is 0. The summed E-state index contributed by atoms with van der Waals surface area (Å²) in [5.41, 5.74) is 6.98. The first kappa shape index (κ1) is 15.8. The fraction of sp³-hybridized carbons (Fsp3) is 1.00. The molecular formula is C18H35N3. The van der Waals surface area contributed by atoms with Crippen molar-refractivity contribution in [3.8, 4) is 0 Å². The fourth-order valence-corrected chi connectivity index (χ4v) is 4.91.